The lowest BCUT2D eigenvalue weighted by Gasteiger charge is -2.12. The Balaban J connectivity index is 2.23. The van der Waals surface area contributed by atoms with Crippen LogP contribution in [0.1, 0.15) is 23.1 Å². The van der Waals surface area contributed by atoms with Crippen LogP contribution in [0, 0.1) is 12.7 Å². The van der Waals surface area contributed by atoms with Crippen LogP contribution in [0.3, 0.4) is 0 Å². The van der Waals surface area contributed by atoms with Crippen molar-refractivity contribution in [2.75, 3.05) is 0 Å². The first-order chi connectivity index (χ1) is 8.09. The van der Waals surface area contributed by atoms with Gasteiger partial charge < -0.3 is 9.67 Å². The van der Waals surface area contributed by atoms with Gasteiger partial charge in [0.25, 0.3) is 0 Å². The lowest BCUT2D eigenvalue weighted by atomic mass is 10.0. The van der Waals surface area contributed by atoms with Crippen LogP contribution < -0.4 is 0 Å². The van der Waals surface area contributed by atoms with Crippen molar-refractivity contribution in [1.29, 1.82) is 0 Å². The number of halogens is 1. The van der Waals surface area contributed by atoms with Crippen LogP contribution in [-0.4, -0.2) is 14.7 Å². The van der Waals surface area contributed by atoms with Crippen LogP contribution in [0.4, 0.5) is 4.39 Å². The standard InChI is InChI=1S/C13H15FN2O/c1-9-4-3-5-10(13(9)14)11(17)8-12-15-6-7-16(12)2/h3-7,11,17H,8H2,1-2H3. The fourth-order valence-corrected chi connectivity index (χ4v) is 1.80. The summed E-state index contributed by atoms with van der Waals surface area (Å²) in [4.78, 5) is 4.11. The molecule has 1 aromatic heterocycles. The molecule has 1 unspecified atom stereocenters. The van der Waals surface area contributed by atoms with Crippen molar-refractivity contribution in [3.8, 4) is 0 Å². The molecule has 0 amide bonds. The van der Waals surface area contributed by atoms with E-state index < -0.39 is 6.10 Å². The molecular formula is C13H15FN2O. The number of rotatable bonds is 3. The van der Waals surface area contributed by atoms with Gasteiger partial charge in [-0.3, -0.25) is 0 Å². The second kappa shape index (κ2) is 4.67. The Bertz CT molecular complexity index is 522. The second-order valence-corrected chi connectivity index (χ2v) is 4.15. The smallest absolute Gasteiger partial charge is 0.131 e. The Morgan fingerprint density at radius 1 is 1.47 bits per heavy atom. The number of aryl methyl sites for hydroxylation is 2. The SMILES string of the molecule is Cc1cccc(C(O)Cc2nccn2C)c1F. The van der Waals surface area contributed by atoms with Crippen LogP contribution >= 0.6 is 0 Å². The van der Waals surface area contributed by atoms with E-state index in [4.69, 9.17) is 0 Å². The van der Waals surface area contributed by atoms with Gasteiger partial charge in [-0.2, -0.15) is 0 Å². The van der Waals surface area contributed by atoms with Gasteiger partial charge in [-0.1, -0.05) is 18.2 Å². The molecule has 90 valence electrons. The number of hydrogen-bond donors (Lipinski definition) is 1. The fraction of sp³-hybridized carbons (Fsp3) is 0.308. The highest BCUT2D eigenvalue weighted by atomic mass is 19.1. The van der Waals surface area contributed by atoms with E-state index in [-0.39, 0.29) is 5.82 Å². The zero-order valence-corrected chi connectivity index (χ0v) is 9.89. The molecule has 0 aliphatic carbocycles. The van der Waals surface area contributed by atoms with Crippen molar-refractivity contribution in [2.24, 2.45) is 7.05 Å². The molecule has 2 aromatic rings. The quantitative estimate of drug-likeness (QED) is 0.883. The van der Waals surface area contributed by atoms with Crippen LogP contribution in [-0.2, 0) is 13.5 Å². The first kappa shape index (κ1) is 11.8. The minimum Gasteiger partial charge on any atom is -0.388 e. The number of aliphatic hydroxyl groups excluding tert-OH is 1. The molecule has 2 rings (SSSR count). The summed E-state index contributed by atoms with van der Waals surface area (Å²) >= 11 is 0. The Hall–Kier alpha value is -1.68. The Morgan fingerprint density at radius 2 is 2.24 bits per heavy atom. The molecule has 1 heterocycles. The van der Waals surface area contributed by atoms with Gasteiger partial charge in [0.2, 0.25) is 0 Å². The molecule has 0 spiro atoms. The molecule has 0 aliphatic heterocycles. The highest BCUT2D eigenvalue weighted by Gasteiger charge is 2.16. The summed E-state index contributed by atoms with van der Waals surface area (Å²) in [7, 11) is 1.85. The largest absolute Gasteiger partial charge is 0.388 e. The molecule has 0 saturated carbocycles. The van der Waals surface area contributed by atoms with Gasteiger partial charge in [-0.25, -0.2) is 9.37 Å². The number of imidazole rings is 1. The summed E-state index contributed by atoms with van der Waals surface area (Å²) in [6, 6.07) is 5.04. The highest BCUT2D eigenvalue weighted by Crippen LogP contribution is 2.22. The fourth-order valence-electron chi connectivity index (χ4n) is 1.80. The van der Waals surface area contributed by atoms with Gasteiger partial charge in [-0.05, 0) is 12.5 Å². The monoisotopic (exact) mass is 234 g/mol. The van der Waals surface area contributed by atoms with Crippen LogP contribution in [0.25, 0.3) is 0 Å². The van der Waals surface area contributed by atoms with E-state index in [2.05, 4.69) is 4.98 Å². The molecule has 1 atom stereocenters. The molecule has 4 heteroatoms. The number of aliphatic hydroxyl groups is 1. The lowest BCUT2D eigenvalue weighted by Crippen LogP contribution is -2.09. The van der Waals surface area contributed by atoms with Crippen molar-refractivity contribution in [2.45, 2.75) is 19.4 Å². The van der Waals surface area contributed by atoms with Gasteiger partial charge >= 0.3 is 0 Å². The van der Waals surface area contributed by atoms with Crippen LogP contribution in [0.2, 0.25) is 0 Å². The number of hydrogen-bond acceptors (Lipinski definition) is 2. The van der Waals surface area contributed by atoms with E-state index in [9.17, 15) is 9.50 Å². The van der Waals surface area contributed by atoms with Crippen LogP contribution in [0.15, 0.2) is 30.6 Å². The van der Waals surface area contributed by atoms with E-state index in [0.717, 1.165) is 5.82 Å². The second-order valence-electron chi connectivity index (χ2n) is 4.15. The van der Waals surface area contributed by atoms with Crippen molar-refractivity contribution < 1.29 is 9.50 Å². The van der Waals surface area contributed by atoms with E-state index in [1.54, 1.807) is 37.5 Å². The van der Waals surface area contributed by atoms with Crippen molar-refractivity contribution in [3.05, 3.63) is 53.4 Å². The Kier molecular flexibility index (Phi) is 3.24. The van der Waals surface area contributed by atoms with Gasteiger partial charge in [-0.15, -0.1) is 0 Å². The summed E-state index contributed by atoms with van der Waals surface area (Å²) in [6.45, 7) is 1.69. The van der Waals surface area contributed by atoms with E-state index in [1.165, 1.54) is 0 Å². The van der Waals surface area contributed by atoms with Gasteiger partial charge in [0.15, 0.2) is 0 Å². The Morgan fingerprint density at radius 3 is 2.88 bits per heavy atom. The number of aromatic nitrogens is 2. The molecule has 0 bridgehead atoms. The third-order valence-electron chi connectivity index (χ3n) is 2.88. The number of nitrogens with zero attached hydrogens (tertiary/aromatic N) is 2. The molecule has 0 radical (unpaired) electrons. The summed E-state index contributed by atoms with van der Waals surface area (Å²) in [6.07, 6.45) is 2.91. The Labute approximate surface area is 99.5 Å². The van der Waals surface area contributed by atoms with Crippen LogP contribution in [0.5, 0.6) is 0 Å². The predicted molar refractivity (Wildman–Crippen MR) is 63.0 cm³/mol. The lowest BCUT2D eigenvalue weighted by molar-refractivity contribution is 0.170. The average Bonchev–Trinajstić information content (AvgIpc) is 2.68. The minimum absolute atomic E-state index is 0.309. The van der Waals surface area contributed by atoms with Crippen molar-refractivity contribution in [3.63, 3.8) is 0 Å². The summed E-state index contributed by atoms with van der Waals surface area (Å²) in [5, 5.41) is 10.0. The molecule has 1 N–H and O–H groups in total. The molecule has 0 aliphatic rings. The van der Waals surface area contributed by atoms with Crippen molar-refractivity contribution in [1.82, 2.24) is 9.55 Å². The molecule has 3 nitrogen and oxygen atoms in total. The van der Waals surface area contributed by atoms with Gasteiger partial charge in [0.1, 0.15) is 11.6 Å². The van der Waals surface area contributed by atoms with E-state index in [0.29, 0.717) is 17.5 Å². The maximum Gasteiger partial charge on any atom is 0.131 e. The van der Waals surface area contributed by atoms with Gasteiger partial charge in [0, 0.05) is 31.4 Å². The maximum atomic E-state index is 13.8. The normalized spacial score (nSPS) is 12.7. The number of benzene rings is 1. The minimum atomic E-state index is -0.865. The first-order valence-corrected chi connectivity index (χ1v) is 5.49. The van der Waals surface area contributed by atoms with Gasteiger partial charge in [0.05, 0.1) is 6.10 Å². The zero-order valence-electron chi connectivity index (χ0n) is 9.89. The molecule has 1 aromatic carbocycles. The molecule has 0 saturated heterocycles. The topological polar surface area (TPSA) is 38.1 Å². The zero-order chi connectivity index (χ0) is 12.4. The maximum absolute atomic E-state index is 13.8. The third kappa shape index (κ3) is 2.36. The summed E-state index contributed by atoms with van der Waals surface area (Å²) in [5.41, 5.74) is 0.870. The predicted octanol–water partition coefficient (Wildman–Crippen LogP) is 2.14. The third-order valence-corrected chi connectivity index (χ3v) is 2.88. The molecule has 17 heavy (non-hydrogen) atoms. The average molecular weight is 234 g/mol. The van der Waals surface area contributed by atoms with Crippen molar-refractivity contribution >= 4 is 0 Å². The highest BCUT2D eigenvalue weighted by molar-refractivity contribution is 5.27. The molecular weight excluding hydrogens is 219 g/mol. The van der Waals surface area contributed by atoms with E-state index in [1.807, 2.05) is 11.6 Å². The summed E-state index contributed by atoms with van der Waals surface area (Å²) in [5.74, 6) is 0.396. The first-order valence-electron chi connectivity index (χ1n) is 5.49. The molecule has 0 fully saturated rings. The van der Waals surface area contributed by atoms with E-state index >= 15 is 0 Å². The summed E-state index contributed by atoms with van der Waals surface area (Å²) < 4.78 is 15.6.